The molecule has 0 saturated carbocycles. The van der Waals surface area contributed by atoms with Crippen molar-refractivity contribution in [2.24, 2.45) is 0 Å². The average molecular weight is 534 g/mol. The number of carboxylic acid groups (broad SMARTS) is 2. The second-order valence-corrected chi connectivity index (χ2v) is 1.31. The fraction of sp³-hybridized carbons (Fsp3) is 0. The third-order valence-corrected chi connectivity index (χ3v) is 0.527. The van der Waals surface area contributed by atoms with Crippen LogP contribution in [0.5, 0.6) is 0 Å². The van der Waals surface area contributed by atoms with Gasteiger partial charge in [0.05, 0.1) is 0 Å². The fourth-order valence-electron chi connectivity index (χ4n) is 0.242. The minimum Gasteiger partial charge on any atom is -0.449 e. The smallest absolute Gasteiger partial charge is 0.449 e. The Labute approximate surface area is 190 Å². The molecule has 12 heteroatoms. The molecule has 0 saturated heterocycles. The van der Waals surface area contributed by atoms with Crippen LogP contribution in [0, 0.1) is 0 Å². The Morgan fingerprint density at radius 2 is 0.812 bits per heavy atom. The summed E-state index contributed by atoms with van der Waals surface area (Å²) in [5, 5.41) is 15.5. The summed E-state index contributed by atoms with van der Waals surface area (Å²) in [4.78, 5) is 39.5. The molecule has 0 heterocycles. The van der Waals surface area contributed by atoms with E-state index in [1.807, 2.05) is 0 Å². The van der Waals surface area contributed by atoms with Crippen molar-refractivity contribution in [3.63, 3.8) is 0 Å². The third kappa shape index (κ3) is 18.7. The van der Waals surface area contributed by atoms with Crippen LogP contribution in [-0.4, -0.2) is 34.5 Å². The monoisotopic (exact) mass is 534 g/mol. The minimum absolute atomic E-state index is 0. The first-order chi connectivity index (χ1) is 5.43. The van der Waals surface area contributed by atoms with E-state index in [2.05, 4.69) is 9.47 Å². The van der Waals surface area contributed by atoms with E-state index in [4.69, 9.17) is 10.2 Å². The molecule has 4 radical (unpaired) electrons. The van der Waals surface area contributed by atoms with Gasteiger partial charge in [0.15, 0.2) is 0 Å². The van der Waals surface area contributed by atoms with Crippen molar-refractivity contribution in [1.29, 1.82) is 0 Å². The molecule has 0 aromatic heterocycles. The van der Waals surface area contributed by atoms with Gasteiger partial charge in [0.25, 0.3) is 0 Å². The maximum atomic E-state index is 10.1. The van der Waals surface area contributed by atoms with E-state index < -0.39 is 24.2 Å². The van der Waals surface area contributed by atoms with Gasteiger partial charge in [0.2, 0.25) is 0 Å². The maximum Gasteiger partial charge on any atom is 0.514 e. The van der Waals surface area contributed by atoms with Crippen LogP contribution in [0.4, 0.5) is 9.59 Å². The zero-order chi connectivity index (χ0) is 9.72. The zero-order valence-electron chi connectivity index (χ0n) is 7.65. The summed E-state index contributed by atoms with van der Waals surface area (Å²) in [6, 6.07) is 0. The fourth-order valence-corrected chi connectivity index (χ4v) is 0.242. The van der Waals surface area contributed by atoms with Gasteiger partial charge in [-0.1, -0.05) is 0 Å². The number of hydrogen-bond acceptors (Lipinski definition) is 6. The molecule has 78 valence electrons. The second kappa shape index (κ2) is 17.3. The topological polar surface area (TPSA) is 127 Å². The van der Waals surface area contributed by atoms with Crippen LogP contribution in [0.25, 0.3) is 0 Å². The largest absolute Gasteiger partial charge is 0.514 e. The molecular formula is C4H2O8Y4. The molecule has 0 aliphatic carbocycles. The number of carbonyl (C=O) groups is 4. The van der Waals surface area contributed by atoms with E-state index in [0.29, 0.717) is 0 Å². The van der Waals surface area contributed by atoms with Gasteiger partial charge in [-0.3, -0.25) is 0 Å². The molecule has 0 atom stereocenters. The summed E-state index contributed by atoms with van der Waals surface area (Å²) in [5.74, 6) is -3.82. The van der Waals surface area contributed by atoms with E-state index in [-0.39, 0.29) is 131 Å². The van der Waals surface area contributed by atoms with E-state index >= 15 is 0 Å². The Bertz CT molecular complexity index is 226. The van der Waals surface area contributed by atoms with Crippen LogP contribution in [0.3, 0.4) is 0 Å². The first-order valence-corrected chi connectivity index (χ1v) is 2.33. The van der Waals surface area contributed by atoms with Crippen LogP contribution in [0.15, 0.2) is 0 Å². The first-order valence-electron chi connectivity index (χ1n) is 2.33. The number of hydrogen-bond donors (Lipinski definition) is 2. The summed E-state index contributed by atoms with van der Waals surface area (Å²) in [5.41, 5.74) is 0. The Balaban J connectivity index is -0.000000101. The quantitative estimate of drug-likeness (QED) is 0.241. The molecule has 0 rings (SSSR count). The average Bonchev–Trinajstić information content (AvgIpc) is 1.84. The van der Waals surface area contributed by atoms with E-state index in [9.17, 15) is 19.2 Å². The SMILES string of the molecule is O=C(O)OC(=O)C(=O)OC(=O)O.[Y].[Y].[Y].[Y]. The number of carbonyl (C=O) groups excluding carboxylic acids is 2. The molecule has 0 fully saturated rings. The van der Waals surface area contributed by atoms with Crippen molar-refractivity contribution in [1.82, 2.24) is 0 Å². The van der Waals surface area contributed by atoms with Gasteiger partial charge in [0, 0.05) is 131 Å². The molecule has 0 unspecified atom stereocenters. The van der Waals surface area contributed by atoms with Gasteiger partial charge in [-0.2, -0.15) is 0 Å². The summed E-state index contributed by atoms with van der Waals surface area (Å²) in [6.07, 6.45) is -4.05. The Morgan fingerprint density at radius 3 is 0.938 bits per heavy atom. The molecule has 0 aromatic carbocycles. The normalized spacial score (nSPS) is 6.25. The van der Waals surface area contributed by atoms with Crippen LogP contribution in [0.1, 0.15) is 0 Å². The first kappa shape index (κ1) is 31.0. The van der Waals surface area contributed by atoms with Crippen molar-refractivity contribution in [2.75, 3.05) is 0 Å². The van der Waals surface area contributed by atoms with Crippen molar-refractivity contribution in [3.8, 4) is 0 Å². The molecule has 2 N–H and O–H groups in total. The van der Waals surface area contributed by atoms with Gasteiger partial charge < -0.3 is 19.7 Å². The minimum atomic E-state index is -2.03. The van der Waals surface area contributed by atoms with Crippen molar-refractivity contribution in [2.45, 2.75) is 0 Å². The molecule has 0 amide bonds. The van der Waals surface area contributed by atoms with Crippen molar-refractivity contribution >= 4 is 24.2 Å². The number of rotatable bonds is 0. The molecule has 0 aliphatic heterocycles. The van der Waals surface area contributed by atoms with Gasteiger partial charge in [-0.25, -0.2) is 19.2 Å². The molecule has 16 heavy (non-hydrogen) atoms. The van der Waals surface area contributed by atoms with Gasteiger partial charge >= 0.3 is 24.2 Å². The number of esters is 2. The molecule has 0 aromatic rings. The van der Waals surface area contributed by atoms with Gasteiger partial charge in [-0.05, 0) is 0 Å². The van der Waals surface area contributed by atoms with Crippen LogP contribution in [-0.2, 0) is 150 Å². The van der Waals surface area contributed by atoms with E-state index in [1.54, 1.807) is 0 Å². The zero-order valence-corrected chi connectivity index (χ0v) is 19.0. The molecule has 0 aliphatic rings. The van der Waals surface area contributed by atoms with Gasteiger partial charge in [0.1, 0.15) is 0 Å². The van der Waals surface area contributed by atoms with Crippen LogP contribution >= 0.6 is 0 Å². The summed E-state index contributed by atoms with van der Waals surface area (Å²) in [7, 11) is 0. The van der Waals surface area contributed by atoms with E-state index in [1.165, 1.54) is 0 Å². The van der Waals surface area contributed by atoms with Crippen molar-refractivity contribution in [3.05, 3.63) is 0 Å². The molecule has 0 bridgehead atoms. The predicted molar refractivity (Wildman–Crippen MR) is 28.2 cm³/mol. The predicted octanol–water partition coefficient (Wildman–Crippen LogP) is -0.581. The standard InChI is InChI=1S/C4H2O8.4Y/c5-1(11-3(7)8)2(6)12-4(9)10;;;;/h(H,7,8)(H,9,10);;;;. The molecule has 0 spiro atoms. The summed E-state index contributed by atoms with van der Waals surface area (Å²) >= 11 is 0. The Hall–Kier alpha value is 2.30. The van der Waals surface area contributed by atoms with Crippen LogP contribution < -0.4 is 0 Å². The maximum absolute atomic E-state index is 10.1. The second-order valence-electron chi connectivity index (χ2n) is 1.31. The molecule has 8 nitrogen and oxygen atoms in total. The summed E-state index contributed by atoms with van der Waals surface area (Å²) < 4.78 is 6.51. The number of ether oxygens (including phenoxy) is 2. The Kier molecular flexibility index (Phi) is 33.5. The summed E-state index contributed by atoms with van der Waals surface area (Å²) in [6.45, 7) is 0. The third-order valence-electron chi connectivity index (χ3n) is 0.527. The molecular weight excluding hydrogens is 532 g/mol. The Morgan fingerprint density at radius 1 is 0.625 bits per heavy atom. The van der Waals surface area contributed by atoms with Crippen LogP contribution in [0.2, 0.25) is 0 Å². The van der Waals surface area contributed by atoms with Gasteiger partial charge in [-0.15, -0.1) is 0 Å². The van der Waals surface area contributed by atoms with E-state index in [0.717, 1.165) is 0 Å². The van der Waals surface area contributed by atoms with Crippen molar-refractivity contribution < 1.29 is 170 Å².